The normalized spacial score (nSPS) is 12.3. The molecule has 1 N–H and O–H groups in total. The summed E-state index contributed by atoms with van der Waals surface area (Å²) in [5, 5.41) is 2.83. The van der Waals surface area contributed by atoms with Crippen molar-refractivity contribution in [3.8, 4) is 17.2 Å². The van der Waals surface area contributed by atoms with E-state index in [2.05, 4.69) is 5.32 Å². The Bertz CT molecular complexity index is 1240. The summed E-state index contributed by atoms with van der Waals surface area (Å²) in [7, 11) is 0. The van der Waals surface area contributed by atoms with Gasteiger partial charge in [-0.1, -0.05) is 32.0 Å². The zero-order valence-electron chi connectivity index (χ0n) is 20.1. The van der Waals surface area contributed by atoms with Crippen molar-refractivity contribution in [3.05, 3.63) is 64.5 Å². The lowest BCUT2D eigenvalue weighted by molar-refractivity contribution is -0.137. The Labute approximate surface area is 197 Å². The van der Waals surface area contributed by atoms with Crippen molar-refractivity contribution in [2.45, 2.75) is 53.2 Å². The number of carbonyl (C=O) groups is 2. The molecular weight excluding hydrogens is 438 g/mol. The Hall–Kier alpha value is -3.81. The van der Waals surface area contributed by atoms with E-state index in [0.29, 0.717) is 5.75 Å². The molecule has 2 aromatic carbocycles. The first-order valence-electron chi connectivity index (χ1n) is 11.0. The van der Waals surface area contributed by atoms with Gasteiger partial charge in [0.05, 0.1) is 5.39 Å². The third kappa shape index (κ3) is 6.15. The Morgan fingerprint density at radius 2 is 1.68 bits per heavy atom. The van der Waals surface area contributed by atoms with Gasteiger partial charge in [0.15, 0.2) is 0 Å². The van der Waals surface area contributed by atoms with Gasteiger partial charge in [-0.15, -0.1) is 0 Å². The molecule has 0 bridgehead atoms. The predicted octanol–water partition coefficient (Wildman–Crippen LogP) is 5.35. The van der Waals surface area contributed by atoms with Gasteiger partial charge in [-0.05, 0) is 57.9 Å². The molecule has 0 aliphatic carbocycles. The fourth-order valence-electron chi connectivity index (χ4n) is 3.17. The minimum absolute atomic E-state index is 0.0878. The van der Waals surface area contributed by atoms with E-state index in [1.165, 1.54) is 18.2 Å². The Balaban J connectivity index is 1.82. The molecule has 8 nitrogen and oxygen atoms in total. The van der Waals surface area contributed by atoms with Crippen LogP contribution in [-0.2, 0) is 9.53 Å². The molecule has 0 aliphatic heterocycles. The van der Waals surface area contributed by atoms with Crippen molar-refractivity contribution in [1.82, 2.24) is 5.32 Å². The second-order valence-electron chi connectivity index (χ2n) is 9.18. The third-order valence-electron chi connectivity index (χ3n) is 4.76. The molecule has 0 saturated carbocycles. The largest absolute Gasteiger partial charge is 0.457 e. The Morgan fingerprint density at radius 1 is 1.00 bits per heavy atom. The van der Waals surface area contributed by atoms with Crippen LogP contribution >= 0.6 is 0 Å². The molecule has 0 spiro atoms. The topological polar surface area (TPSA) is 104 Å². The van der Waals surface area contributed by atoms with Gasteiger partial charge in [0.25, 0.3) is 0 Å². The van der Waals surface area contributed by atoms with Crippen molar-refractivity contribution < 1.29 is 28.2 Å². The van der Waals surface area contributed by atoms with Gasteiger partial charge in [-0.25, -0.2) is 9.59 Å². The van der Waals surface area contributed by atoms with E-state index in [-0.39, 0.29) is 39.6 Å². The summed E-state index contributed by atoms with van der Waals surface area (Å²) in [4.78, 5) is 37.9. The van der Waals surface area contributed by atoms with Crippen LogP contribution in [0.5, 0.6) is 17.2 Å². The number of alkyl carbamates (subject to hydrolysis) is 1. The lowest BCUT2D eigenvalue weighted by Crippen LogP contribution is -2.48. The van der Waals surface area contributed by atoms with E-state index in [4.69, 9.17) is 18.6 Å². The molecule has 3 rings (SSSR count). The first kappa shape index (κ1) is 24.8. The molecule has 0 saturated heterocycles. The van der Waals surface area contributed by atoms with Crippen molar-refractivity contribution in [3.63, 3.8) is 0 Å². The van der Waals surface area contributed by atoms with E-state index in [0.717, 1.165) is 0 Å². The molecule has 1 amide bonds. The number of fused-ring (bicyclic) bond motifs is 1. The molecule has 180 valence electrons. The molecule has 1 atom stereocenters. The van der Waals surface area contributed by atoms with Crippen LogP contribution in [0.25, 0.3) is 11.0 Å². The molecule has 1 unspecified atom stereocenters. The second-order valence-corrected chi connectivity index (χ2v) is 9.18. The highest BCUT2D eigenvalue weighted by molar-refractivity contribution is 5.85. The number of esters is 1. The second kappa shape index (κ2) is 9.99. The summed E-state index contributed by atoms with van der Waals surface area (Å²) in [5.74, 6) is 0.149. The van der Waals surface area contributed by atoms with Gasteiger partial charge in [-0.3, -0.25) is 4.79 Å². The number of ether oxygens (including phenoxy) is 3. The molecular formula is C26H29NO7. The van der Waals surface area contributed by atoms with Gasteiger partial charge in [0.1, 0.15) is 34.5 Å². The average Bonchev–Trinajstić information content (AvgIpc) is 2.74. The summed E-state index contributed by atoms with van der Waals surface area (Å²) in [5.41, 5.74) is -0.798. The van der Waals surface area contributed by atoms with Crippen LogP contribution in [-0.4, -0.2) is 23.7 Å². The van der Waals surface area contributed by atoms with E-state index in [9.17, 15) is 14.4 Å². The fourth-order valence-corrected chi connectivity index (χ4v) is 3.17. The number of amides is 1. The van der Waals surface area contributed by atoms with Crippen molar-refractivity contribution in [2.75, 3.05) is 0 Å². The zero-order valence-corrected chi connectivity index (χ0v) is 20.1. The van der Waals surface area contributed by atoms with Crippen LogP contribution in [0.4, 0.5) is 4.79 Å². The average molecular weight is 468 g/mol. The number of aryl methyl sites for hydroxylation is 1. The lowest BCUT2D eigenvalue weighted by atomic mass is 10.1. The molecule has 8 heteroatoms. The highest BCUT2D eigenvalue weighted by Crippen LogP contribution is 2.27. The minimum atomic E-state index is -0.930. The molecule has 1 heterocycles. The van der Waals surface area contributed by atoms with Crippen LogP contribution in [0.2, 0.25) is 0 Å². The number of hydrogen-bond donors (Lipinski definition) is 1. The van der Waals surface area contributed by atoms with E-state index in [1.807, 2.05) is 6.07 Å². The maximum atomic E-state index is 13.0. The van der Waals surface area contributed by atoms with Gasteiger partial charge in [0.2, 0.25) is 11.2 Å². The molecule has 3 aromatic rings. The number of para-hydroxylation sites is 1. The summed E-state index contributed by atoms with van der Waals surface area (Å²) in [6.07, 6.45) is -0.714. The number of nitrogens with one attached hydrogen (secondary N) is 1. The molecule has 1 aromatic heterocycles. The SMILES string of the molecule is Cc1oc2cc(OC(=O)C(NC(=O)OC(C)(C)C)C(C)C)ccc2c(=O)c1Oc1ccccc1. The van der Waals surface area contributed by atoms with Crippen molar-refractivity contribution >= 4 is 23.0 Å². The third-order valence-corrected chi connectivity index (χ3v) is 4.76. The number of rotatable bonds is 6. The van der Waals surface area contributed by atoms with E-state index in [1.54, 1.807) is 65.8 Å². The summed E-state index contributed by atoms with van der Waals surface area (Å²) < 4.78 is 22.2. The van der Waals surface area contributed by atoms with Crippen LogP contribution in [0, 0.1) is 12.8 Å². The highest BCUT2D eigenvalue weighted by atomic mass is 16.6. The number of carbonyl (C=O) groups excluding carboxylic acids is 2. The van der Waals surface area contributed by atoms with Crippen LogP contribution < -0.4 is 20.2 Å². The standard InChI is InChI=1S/C26H29NO7/c1-15(2)21(27-25(30)34-26(4,5)6)24(29)33-18-12-13-19-20(14-18)31-16(3)23(22(19)28)32-17-10-8-7-9-11-17/h7-15,21H,1-6H3,(H,27,30). The summed E-state index contributed by atoms with van der Waals surface area (Å²) in [6, 6.07) is 12.4. The highest BCUT2D eigenvalue weighted by Gasteiger charge is 2.29. The van der Waals surface area contributed by atoms with Gasteiger partial charge in [0, 0.05) is 6.07 Å². The maximum absolute atomic E-state index is 13.0. The number of hydrogen-bond acceptors (Lipinski definition) is 7. The lowest BCUT2D eigenvalue weighted by Gasteiger charge is -2.24. The van der Waals surface area contributed by atoms with E-state index < -0.39 is 23.7 Å². The fraction of sp³-hybridized carbons (Fsp3) is 0.346. The Morgan fingerprint density at radius 3 is 2.29 bits per heavy atom. The van der Waals surface area contributed by atoms with Crippen LogP contribution in [0.1, 0.15) is 40.4 Å². The molecule has 0 fully saturated rings. The zero-order chi connectivity index (χ0) is 25.0. The first-order chi connectivity index (χ1) is 15.9. The minimum Gasteiger partial charge on any atom is -0.457 e. The van der Waals surface area contributed by atoms with Crippen LogP contribution in [0.3, 0.4) is 0 Å². The van der Waals surface area contributed by atoms with Crippen molar-refractivity contribution in [1.29, 1.82) is 0 Å². The van der Waals surface area contributed by atoms with Gasteiger partial charge >= 0.3 is 12.1 Å². The predicted molar refractivity (Wildman–Crippen MR) is 127 cm³/mol. The van der Waals surface area contributed by atoms with Gasteiger partial charge in [-0.2, -0.15) is 0 Å². The monoisotopic (exact) mass is 467 g/mol. The van der Waals surface area contributed by atoms with E-state index >= 15 is 0 Å². The maximum Gasteiger partial charge on any atom is 0.408 e. The van der Waals surface area contributed by atoms with Gasteiger partial charge < -0.3 is 23.9 Å². The molecule has 0 radical (unpaired) electrons. The number of benzene rings is 2. The smallest absolute Gasteiger partial charge is 0.408 e. The first-order valence-corrected chi connectivity index (χ1v) is 11.0. The Kier molecular flexibility index (Phi) is 7.29. The quantitative estimate of drug-likeness (QED) is 0.385. The van der Waals surface area contributed by atoms with Crippen molar-refractivity contribution in [2.24, 2.45) is 5.92 Å². The summed E-state index contributed by atoms with van der Waals surface area (Å²) >= 11 is 0. The van der Waals surface area contributed by atoms with Crippen LogP contribution in [0.15, 0.2) is 57.7 Å². The summed E-state index contributed by atoms with van der Waals surface area (Å²) in [6.45, 7) is 10.4. The molecule has 34 heavy (non-hydrogen) atoms. The molecule has 0 aliphatic rings.